The maximum Gasteiger partial charge on any atom is 0.234 e. The molecular weight excluding hydrogens is 286 g/mol. The van der Waals surface area contributed by atoms with Gasteiger partial charge < -0.3 is 10.2 Å². The predicted molar refractivity (Wildman–Crippen MR) is 95.4 cm³/mol. The third kappa shape index (κ3) is 5.75. The number of carbonyl (C=O) groups excluding carboxylic acids is 1. The highest BCUT2D eigenvalue weighted by molar-refractivity contribution is 5.78. The van der Waals surface area contributed by atoms with Crippen LogP contribution in [0.2, 0.25) is 0 Å². The van der Waals surface area contributed by atoms with Gasteiger partial charge in [0.25, 0.3) is 0 Å². The third-order valence-corrected chi connectivity index (χ3v) is 3.65. The molecule has 2 aromatic carbocycles. The first-order chi connectivity index (χ1) is 11.0. The molecule has 0 aromatic heterocycles. The number of hydrogen-bond donors (Lipinski definition) is 1. The molecule has 4 heteroatoms. The van der Waals surface area contributed by atoms with Crippen LogP contribution in [0, 0.1) is 0 Å². The summed E-state index contributed by atoms with van der Waals surface area (Å²) in [4.78, 5) is 16.1. The van der Waals surface area contributed by atoms with Crippen LogP contribution in [0.4, 0.5) is 5.69 Å². The Morgan fingerprint density at radius 1 is 0.913 bits per heavy atom. The van der Waals surface area contributed by atoms with Gasteiger partial charge in [-0.05, 0) is 30.3 Å². The van der Waals surface area contributed by atoms with Crippen LogP contribution in [0.5, 0.6) is 0 Å². The van der Waals surface area contributed by atoms with Gasteiger partial charge in [0, 0.05) is 32.9 Å². The van der Waals surface area contributed by atoms with Gasteiger partial charge in [0.15, 0.2) is 0 Å². The smallest absolute Gasteiger partial charge is 0.234 e. The SMILES string of the molecule is CN(CC(=O)NCc1ccc(N(C)C)cc1)Cc1ccccc1. The van der Waals surface area contributed by atoms with Crippen molar-refractivity contribution in [2.24, 2.45) is 0 Å². The maximum atomic E-state index is 12.0. The fourth-order valence-corrected chi connectivity index (χ4v) is 2.36. The van der Waals surface area contributed by atoms with Gasteiger partial charge in [-0.25, -0.2) is 0 Å². The Morgan fingerprint density at radius 3 is 2.17 bits per heavy atom. The fourth-order valence-electron chi connectivity index (χ4n) is 2.36. The molecule has 0 aliphatic rings. The zero-order valence-electron chi connectivity index (χ0n) is 14.1. The van der Waals surface area contributed by atoms with Crippen molar-refractivity contribution in [2.75, 3.05) is 32.6 Å². The molecule has 23 heavy (non-hydrogen) atoms. The first kappa shape index (κ1) is 17.0. The molecule has 0 aliphatic carbocycles. The van der Waals surface area contributed by atoms with Crippen LogP contribution in [-0.4, -0.2) is 38.5 Å². The van der Waals surface area contributed by atoms with Gasteiger partial charge in [-0.3, -0.25) is 9.69 Å². The fraction of sp³-hybridized carbons (Fsp3) is 0.316. The molecule has 0 bridgehead atoms. The molecule has 0 radical (unpaired) electrons. The molecule has 122 valence electrons. The molecule has 0 unspecified atom stereocenters. The zero-order chi connectivity index (χ0) is 16.7. The minimum absolute atomic E-state index is 0.0418. The Kier molecular flexibility index (Phi) is 6.18. The Labute approximate surface area is 138 Å². The van der Waals surface area contributed by atoms with E-state index in [1.807, 2.05) is 56.4 Å². The number of nitrogens with zero attached hydrogens (tertiary/aromatic N) is 2. The lowest BCUT2D eigenvalue weighted by Crippen LogP contribution is -2.34. The summed E-state index contributed by atoms with van der Waals surface area (Å²) in [5.74, 6) is 0.0418. The first-order valence-corrected chi connectivity index (χ1v) is 7.80. The van der Waals surface area contributed by atoms with Crippen LogP contribution < -0.4 is 10.2 Å². The lowest BCUT2D eigenvalue weighted by molar-refractivity contribution is -0.122. The minimum atomic E-state index is 0.0418. The van der Waals surface area contributed by atoms with E-state index in [1.165, 1.54) is 5.56 Å². The molecule has 2 aromatic rings. The van der Waals surface area contributed by atoms with Crippen LogP contribution in [0.3, 0.4) is 0 Å². The average molecular weight is 311 g/mol. The Hall–Kier alpha value is -2.33. The number of hydrogen-bond acceptors (Lipinski definition) is 3. The Balaban J connectivity index is 1.76. The highest BCUT2D eigenvalue weighted by Crippen LogP contribution is 2.12. The van der Waals surface area contributed by atoms with Crippen LogP contribution in [0.1, 0.15) is 11.1 Å². The van der Waals surface area contributed by atoms with Crippen molar-refractivity contribution in [3.05, 3.63) is 65.7 Å². The minimum Gasteiger partial charge on any atom is -0.378 e. The largest absolute Gasteiger partial charge is 0.378 e. The summed E-state index contributed by atoms with van der Waals surface area (Å²) in [5, 5.41) is 2.97. The zero-order valence-corrected chi connectivity index (χ0v) is 14.1. The van der Waals surface area contributed by atoms with Crippen molar-refractivity contribution in [3.8, 4) is 0 Å². The van der Waals surface area contributed by atoms with Gasteiger partial charge in [-0.2, -0.15) is 0 Å². The molecular formula is C19H25N3O. The van der Waals surface area contributed by atoms with Gasteiger partial charge >= 0.3 is 0 Å². The number of anilines is 1. The van der Waals surface area contributed by atoms with Crippen molar-refractivity contribution in [1.82, 2.24) is 10.2 Å². The molecule has 0 spiro atoms. The van der Waals surface area contributed by atoms with E-state index in [9.17, 15) is 4.79 Å². The quantitative estimate of drug-likeness (QED) is 0.853. The number of likely N-dealkylation sites (N-methyl/N-ethyl adjacent to an activating group) is 1. The summed E-state index contributed by atoms with van der Waals surface area (Å²) in [5.41, 5.74) is 3.47. The van der Waals surface area contributed by atoms with E-state index in [0.717, 1.165) is 17.8 Å². The molecule has 0 atom stereocenters. The molecule has 0 saturated carbocycles. The van der Waals surface area contributed by atoms with E-state index in [1.54, 1.807) is 0 Å². The number of amides is 1. The maximum absolute atomic E-state index is 12.0. The molecule has 1 N–H and O–H groups in total. The molecule has 0 aliphatic heterocycles. The van der Waals surface area contributed by atoms with E-state index in [4.69, 9.17) is 0 Å². The molecule has 4 nitrogen and oxygen atoms in total. The second kappa shape index (κ2) is 8.34. The van der Waals surface area contributed by atoms with E-state index in [2.05, 4.69) is 34.5 Å². The van der Waals surface area contributed by atoms with Gasteiger partial charge in [0.1, 0.15) is 0 Å². The van der Waals surface area contributed by atoms with Crippen molar-refractivity contribution in [3.63, 3.8) is 0 Å². The second-order valence-electron chi connectivity index (χ2n) is 6.00. The van der Waals surface area contributed by atoms with Gasteiger partial charge in [-0.15, -0.1) is 0 Å². The average Bonchev–Trinajstić information content (AvgIpc) is 2.54. The standard InChI is InChI=1S/C19H25N3O/c1-21(2)18-11-9-16(10-12-18)13-20-19(23)15-22(3)14-17-7-5-4-6-8-17/h4-12H,13-15H2,1-3H3,(H,20,23). The highest BCUT2D eigenvalue weighted by atomic mass is 16.2. The van der Waals surface area contributed by atoms with Crippen LogP contribution in [0.15, 0.2) is 54.6 Å². The van der Waals surface area contributed by atoms with E-state index < -0.39 is 0 Å². The number of carbonyl (C=O) groups is 1. The Bertz CT molecular complexity index is 608. The molecule has 0 fully saturated rings. The third-order valence-electron chi connectivity index (χ3n) is 3.65. The van der Waals surface area contributed by atoms with Crippen molar-refractivity contribution < 1.29 is 4.79 Å². The second-order valence-corrected chi connectivity index (χ2v) is 6.00. The number of nitrogens with one attached hydrogen (secondary N) is 1. The van der Waals surface area contributed by atoms with Crippen molar-refractivity contribution in [1.29, 1.82) is 0 Å². The molecule has 2 rings (SSSR count). The van der Waals surface area contributed by atoms with E-state index >= 15 is 0 Å². The summed E-state index contributed by atoms with van der Waals surface area (Å²) in [7, 11) is 5.98. The highest BCUT2D eigenvalue weighted by Gasteiger charge is 2.07. The lowest BCUT2D eigenvalue weighted by atomic mass is 10.2. The van der Waals surface area contributed by atoms with Gasteiger partial charge in [0.05, 0.1) is 6.54 Å². The topological polar surface area (TPSA) is 35.6 Å². The first-order valence-electron chi connectivity index (χ1n) is 7.80. The normalized spacial score (nSPS) is 10.6. The summed E-state index contributed by atoms with van der Waals surface area (Å²) in [6.45, 7) is 1.72. The van der Waals surface area contributed by atoms with Gasteiger partial charge in [0.2, 0.25) is 5.91 Å². The van der Waals surface area contributed by atoms with Crippen LogP contribution in [0.25, 0.3) is 0 Å². The van der Waals surface area contributed by atoms with Crippen molar-refractivity contribution >= 4 is 11.6 Å². The summed E-state index contributed by atoms with van der Waals surface area (Å²) >= 11 is 0. The van der Waals surface area contributed by atoms with Crippen molar-refractivity contribution in [2.45, 2.75) is 13.1 Å². The van der Waals surface area contributed by atoms with E-state index in [0.29, 0.717) is 13.1 Å². The molecule has 0 saturated heterocycles. The summed E-state index contributed by atoms with van der Waals surface area (Å²) in [6, 6.07) is 18.4. The monoisotopic (exact) mass is 311 g/mol. The van der Waals surface area contributed by atoms with E-state index in [-0.39, 0.29) is 5.91 Å². The predicted octanol–water partition coefficient (Wildman–Crippen LogP) is 2.50. The molecule has 0 heterocycles. The summed E-state index contributed by atoms with van der Waals surface area (Å²) in [6.07, 6.45) is 0. The van der Waals surface area contributed by atoms with Crippen LogP contribution in [-0.2, 0) is 17.9 Å². The lowest BCUT2D eigenvalue weighted by Gasteiger charge is -2.16. The van der Waals surface area contributed by atoms with Gasteiger partial charge in [-0.1, -0.05) is 42.5 Å². The number of rotatable bonds is 7. The molecule has 1 amide bonds. The summed E-state index contributed by atoms with van der Waals surface area (Å²) < 4.78 is 0. The number of benzene rings is 2. The van der Waals surface area contributed by atoms with Crippen LogP contribution >= 0.6 is 0 Å². The Morgan fingerprint density at radius 2 is 1.57 bits per heavy atom.